The highest BCUT2D eigenvalue weighted by molar-refractivity contribution is 7.08. The third-order valence-corrected chi connectivity index (χ3v) is 3.04. The van der Waals surface area contributed by atoms with Gasteiger partial charge in [-0.25, -0.2) is 0 Å². The summed E-state index contributed by atoms with van der Waals surface area (Å²) >= 11 is 1.68. The predicted molar refractivity (Wildman–Crippen MR) is 61.0 cm³/mol. The fraction of sp³-hybridized carbons (Fsp3) is 0.273. The summed E-state index contributed by atoms with van der Waals surface area (Å²) in [5, 5.41) is 16.3. The molecule has 0 aromatic carbocycles. The molecule has 0 fully saturated rings. The number of thiophene rings is 1. The van der Waals surface area contributed by atoms with Crippen LogP contribution in [0.2, 0.25) is 0 Å². The quantitative estimate of drug-likeness (QED) is 0.837. The van der Waals surface area contributed by atoms with Crippen LogP contribution in [0.3, 0.4) is 0 Å². The van der Waals surface area contributed by atoms with E-state index in [-0.39, 0.29) is 6.61 Å². The van der Waals surface area contributed by atoms with E-state index >= 15 is 0 Å². The lowest BCUT2D eigenvalue weighted by Crippen LogP contribution is -1.97. The topological polar surface area (TPSA) is 45.4 Å². The van der Waals surface area contributed by atoms with E-state index in [1.54, 1.807) is 17.4 Å². The lowest BCUT2D eigenvalue weighted by molar-refractivity contribution is 0.244. The van der Waals surface area contributed by atoms with Crippen LogP contribution in [0.25, 0.3) is 0 Å². The van der Waals surface area contributed by atoms with E-state index in [1.807, 2.05) is 6.07 Å². The molecule has 0 unspecified atom stereocenters. The highest BCUT2D eigenvalue weighted by Gasteiger charge is 2.02. The summed E-state index contributed by atoms with van der Waals surface area (Å²) in [6.45, 7) is 2.68. The van der Waals surface area contributed by atoms with Crippen molar-refractivity contribution in [1.29, 1.82) is 0 Å². The zero-order valence-corrected chi connectivity index (χ0v) is 9.30. The van der Waals surface area contributed by atoms with Gasteiger partial charge in [-0.1, -0.05) is 0 Å². The zero-order chi connectivity index (χ0) is 10.7. The molecule has 0 radical (unpaired) electrons. The molecule has 0 amide bonds. The van der Waals surface area contributed by atoms with Gasteiger partial charge in [-0.2, -0.15) is 0 Å². The minimum atomic E-state index is -0.0442. The lowest BCUT2D eigenvalue weighted by Gasteiger charge is -2.02. The van der Waals surface area contributed by atoms with Crippen LogP contribution >= 0.6 is 11.3 Å². The van der Waals surface area contributed by atoms with Crippen LogP contribution in [-0.2, 0) is 13.2 Å². The van der Waals surface area contributed by atoms with E-state index in [2.05, 4.69) is 23.0 Å². The van der Waals surface area contributed by atoms with Crippen LogP contribution in [0.15, 0.2) is 27.3 Å². The second-order valence-electron chi connectivity index (χ2n) is 3.35. The first kappa shape index (κ1) is 10.3. The molecule has 2 heterocycles. The third kappa shape index (κ3) is 2.40. The Morgan fingerprint density at radius 3 is 2.73 bits per heavy atom. The first-order valence-corrected chi connectivity index (χ1v) is 5.69. The van der Waals surface area contributed by atoms with Crippen molar-refractivity contribution in [1.82, 2.24) is 0 Å². The second kappa shape index (κ2) is 4.51. The van der Waals surface area contributed by atoms with Crippen LogP contribution in [0.4, 0.5) is 5.69 Å². The lowest BCUT2D eigenvalue weighted by atomic mass is 10.3. The van der Waals surface area contributed by atoms with Crippen LogP contribution in [0.5, 0.6) is 0 Å². The van der Waals surface area contributed by atoms with Gasteiger partial charge < -0.3 is 14.8 Å². The van der Waals surface area contributed by atoms with Gasteiger partial charge in [0.05, 0.1) is 6.54 Å². The van der Waals surface area contributed by atoms with Crippen molar-refractivity contribution >= 4 is 17.0 Å². The molecule has 2 rings (SSSR count). The molecule has 0 atom stereocenters. The van der Waals surface area contributed by atoms with E-state index in [9.17, 15) is 0 Å². The van der Waals surface area contributed by atoms with E-state index in [4.69, 9.17) is 9.52 Å². The number of rotatable bonds is 4. The normalized spacial score (nSPS) is 10.5. The average molecular weight is 223 g/mol. The summed E-state index contributed by atoms with van der Waals surface area (Å²) < 4.78 is 5.36. The number of anilines is 1. The highest BCUT2D eigenvalue weighted by Crippen LogP contribution is 2.20. The van der Waals surface area contributed by atoms with Crippen LogP contribution in [-0.4, -0.2) is 5.11 Å². The van der Waals surface area contributed by atoms with E-state index in [1.165, 1.54) is 5.56 Å². The Hall–Kier alpha value is -1.26. The van der Waals surface area contributed by atoms with Gasteiger partial charge in [-0.15, -0.1) is 11.3 Å². The summed E-state index contributed by atoms with van der Waals surface area (Å²) in [5.74, 6) is 1.44. The minimum absolute atomic E-state index is 0.0442. The van der Waals surface area contributed by atoms with Crippen LogP contribution in [0, 0.1) is 6.92 Å². The molecular weight excluding hydrogens is 210 g/mol. The zero-order valence-electron chi connectivity index (χ0n) is 8.49. The Kier molecular flexibility index (Phi) is 3.08. The first-order chi connectivity index (χ1) is 7.29. The summed E-state index contributed by atoms with van der Waals surface area (Å²) in [5.41, 5.74) is 2.39. The maximum Gasteiger partial charge on any atom is 0.129 e. The molecule has 80 valence electrons. The van der Waals surface area contributed by atoms with Gasteiger partial charge in [-0.3, -0.25) is 0 Å². The van der Waals surface area contributed by atoms with Gasteiger partial charge >= 0.3 is 0 Å². The van der Waals surface area contributed by atoms with Crippen molar-refractivity contribution in [2.45, 2.75) is 20.1 Å². The van der Waals surface area contributed by atoms with Crippen molar-refractivity contribution in [3.05, 3.63) is 40.0 Å². The largest absolute Gasteiger partial charge is 0.462 e. The van der Waals surface area contributed by atoms with Crippen molar-refractivity contribution in [3.63, 3.8) is 0 Å². The molecule has 0 saturated carbocycles. The molecular formula is C11H13NO2S. The van der Waals surface area contributed by atoms with Crippen LogP contribution in [0.1, 0.15) is 17.1 Å². The smallest absolute Gasteiger partial charge is 0.129 e. The standard InChI is InChI=1S/C11H13NO2S/c1-8-6-15-7-11(8)12-4-9-2-3-10(5-13)14-9/h2-3,6-7,12-13H,4-5H2,1H3. The Morgan fingerprint density at radius 1 is 1.33 bits per heavy atom. The molecule has 0 saturated heterocycles. The number of aliphatic hydroxyl groups is 1. The van der Waals surface area contributed by atoms with Crippen molar-refractivity contribution in [3.8, 4) is 0 Å². The fourth-order valence-corrected chi connectivity index (χ4v) is 2.13. The summed E-state index contributed by atoms with van der Waals surface area (Å²) in [4.78, 5) is 0. The maximum atomic E-state index is 8.83. The van der Waals surface area contributed by atoms with Gasteiger partial charge in [0.25, 0.3) is 0 Å². The van der Waals surface area contributed by atoms with Gasteiger partial charge in [-0.05, 0) is 30.0 Å². The molecule has 0 spiro atoms. The molecule has 2 aromatic heterocycles. The molecule has 4 heteroatoms. The Bertz CT molecular complexity index is 433. The average Bonchev–Trinajstić information content (AvgIpc) is 2.84. The monoisotopic (exact) mass is 223 g/mol. The fourth-order valence-electron chi connectivity index (χ4n) is 1.33. The molecule has 3 nitrogen and oxygen atoms in total. The molecule has 0 aliphatic carbocycles. The maximum absolute atomic E-state index is 8.83. The summed E-state index contributed by atoms with van der Waals surface area (Å²) in [6.07, 6.45) is 0. The Morgan fingerprint density at radius 2 is 2.13 bits per heavy atom. The molecule has 2 aromatic rings. The summed E-state index contributed by atoms with van der Waals surface area (Å²) in [6, 6.07) is 3.66. The van der Waals surface area contributed by atoms with Gasteiger partial charge in [0.2, 0.25) is 0 Å². The highest BCUT2D eigenvalue weighted by atomic mass is 32.1. The summed E-state index contributed by atoms with van der Waals surface area (Å²) in [7, 11) is 0. The molecule has 0 bridgehead atoms. The van der Waals surface area contributed by atoms with Gasteiger partial charge in [0.1, 0.15) is 18.1 Å². The predicted octanol–water partition coefficient (Wildman–Crippen LogP) is 2.75. The number of hydrogen-bond acceptors (Lipinski definition) is 4. The number of aliphatic hydroxyl groups excluding tert-OH is 1. The molecule has 2 N–H and O–H groups in total. The third-order valence-electron chi connectivity index (χ3n) is 2.18. The number of furan rings is 1. The van der Waals surface area contributed by atoms with E-state index in [0.717, 1.165) is 11.4 Å². The second-order valence-corrected chi connectivity index (χ2v) is 4.09. The molecule has 0 aliphatic heterocycles. The van der Waals surface area contributed by atoms with Gasteiger partial charge in [0, 0.05) is 11.1 Å². The number of aryl methyl sites for hydroxylation is 1. The van der Waals surface area contributed by atoms with Gasteiger partial charge in [0.15, 0.2) is 0 Å². The Labute approximate surface area is 92.4 Å². The van der Waals surface area contributed by atoms with E-state index in [0.29, 0.717) is 12.3 Å². The number of hydrogen-bond donors (Lipinski definition) is 2. The molecule has 0 aliphatic rings. The van der Waals surface area contributed by atoms with Crippen molar-refractivity contribution < 1.29 is 9.52 Å². The number of nitrogens with one attached hydrogen (secondary N) is 1. The van der Waals surface area contributed by atoms with Crippen molar-refractivity contribution in [2.75, 3.05) is 5.32 Å². The minimum Gasteiger partial charge on any atom is -0.462 e. The van der Waals surface area contributed by atoms with Crippen LogP contribution < -0.4 is 5.32 Å². The SMILES string of the molecule is Cc1cscc1NCc1ccc(CO)o1. The molecule has 15 heavy (non-hydrogen) atoms. The first-order valence-electron chi connectivity index (χ1n) is 4.74. The Balaban J connectivity index is 1.96. The van der Waals surface area contributed by atoms with Crippen molar-refractivity contribution in [2.24, 2.45) is 0 Å². The van der Waals surface area contributed by atoms with E-state index < -0.39 is 0 Å².